The van der Waals surface area contributed by atoms with E-state index in [1.165, 1.54) is 16.9 Å². The summed E-state index contributed by atoms with van der Waals surface area (Å²) in [5.74, 6) is 0.977. The average Bonchev–Trinajstić information content (AvgIpc) is 2.57. The number of halogens is 1. The maximum Gasteiger partial charge on any atom is 0.277 e. The Kier molecular flexibility index (Phi) is 7.08. The number of benzene rings is 1. The van der Waals surface area contributed by atoms with Crippen molar-refractivity contribution in [2.45, 2.75) is 19.8 Å². The topological polar surface area (TPSA) is 63.1 Å². The standard InChI is InChI=1S/C18H26ClN3O3/c1-13-6-8-22(9-7-13)12-18(24)21(2)11-17(23)20-15-10-14(19)4-5-16(15)25-3/h4-5,10,13H,6-9,11-12H2,1-3H3,(H,20,23)/p+1. The Bertz CT molecular complexity index is 616. The highest BCUT2D eigenvalue weighted by Gasteiger charge is 2.23. The van der Waals surface area contributed by atoms with Crippen molar-refractivity contribution in [1.82, 2.24) is 4.90 Å². The predicted molar refractivity (Wildman–Crippen MR) is 98.2 cm³/mol. The van der Waals surface area contributed by atoms with Gasteiger partial charge in [-0.05, 0) is 37.0 Å². The smallest absolute Gasteiger partial charge is 0.277 e. The molecule has 0 spiro atoms. The predicted octanol–water partition coefficient (Wildman–Crippen LogP) is 1.06. The van der Waals surface area contributed by atoms with E-state index >= 15 is 0 Å². The highest BCUT2D eigenvalue weighted by atomic mass is 35.5. The molecule has 6 nitrogen and oxygen atoms in total. The number of carbonyl (C=O) groups excluding carboxylic acids is 2. The molecule has 1 aromatic carbocycles. The van der Waals surface area contributed by atoms with Gasteiger partial charge in [-0.1, -0.05) is 18.5 Å². The van der Waals surface area contributed by atoms with Gasteiger partial charge in [-0.2, -0.15) is 0 Å². The summed E-state index contributed by atoms with van der Waals surface area (Å²) in [5, 5.41) is 3.25. The van der Waals surface area contributed by atoms with Gasteiger partial charge in [0.05, 0.1) is 32.4 Å². The molecule has 1 aromatic rings. The molecular formula is C18H27ClN3O3+. The minimum Gasteiger partial charge on any atom is -0.495 e. The molecule has 0 unspecified atom stereocenters. The molecule has 2 rings (SSSR count). The van der Waals surface area contributed by atoms with Gasteiger partial charge in [-0.3, -0.25) is 9.59 Å². The fourth-order valence-corrected chi connectivity index (χ4v) is 3.14. The number of nitrogens with one attached hydrogen (secondary N) is 2. The van der Waals surface area contributed by atoms with E-state index in [9.17, 15) is 9.59 Å². The van der Waals surface area contributed by atoms with E-state index in [1.54, 1.807) is 25.2 Å². The number of rotatable bonds is 6. The lowest BCUT2D eigenvalue weighted by Crippen LogP contribution is -3.14. The minimum absolute atomic E-state index is 0.00180. The van der Waals surface area contributed by atoms with Crippen molar-refractivity contribution in [3.8, 4) is 5.75 Å². The van der Waals surface area contributed by atoms with Crippen LogP contribution < -0.4 is 15.0 Å². The lowest BCUT2D eigenvalue weighted by molar-refractivity contribution is -0.898. The van der Waals surface area contributed by atoms with Gasteiger partial charge in [0.1, 0.15) is 5.75 Å². The van der Waals surface area contributed by atoms with E-state index in [4.69, 9.17) is 16.3 Å². The van der Waals surface area contributed by atoms with Crippen molar-refractivity contribution >= 4 is 29.1 Å². The molecular weight excluding hydrogens is 342 g/mol. The Morgan fingerprint density at radius 3 is 2.68 bits per heavy atom. The molecule has 0 atom stereocenters. The molecule has 0 saturated carbocycles. The summed E-state index contributed by atoms with van der Waals surface area (Å²) < 4.78 is 5.21. The zero-order valence-corrected chi connectivity index (χ0v) is 15.9. The fourth-order valence-electron chi connectivity index (χ4n) is 2.97. The van der Waals surface area contributed by atoms with Crippen LogP contribution in [0.3, 0.4) is 0 Å². The van der Waals surface area contributed by atoms with Crippen LogP contribution >= 0.6 is 11.6 Å². The van der Waals surface area contributed by atoms with Crippen LogP contribution in [0.15, 0.2) is 18.2 Å². The largest absolute Gasteiger partial charge is 0.495 e. The highest BCUT2D eigenvalue weighted by molar-refractivity contribution is 6.31. The van der Waals surface area contributed by atoms with Gasteiger partial charge in [-0.25, -0.2) is 0 Å². The number of ether oxygens (including phenoxy) is 1. The van der Waals surface area contributed by atoms with Crippen molar-refractivity contribution < 1.29 is 19.2 Å². The Labute approximate surface area is 154 Å². The van der Waals surface area contributed by atoms with E-state index in [1.807, 2.05) is 0 Å². The number of carbonyl (C=O) groups is 2. The first kappa shape index (κ1) is 19.5. The van der Waals surface area contributed by atoms with Crippen molar-refractivity contribution in [3.63, 3.8) is 0 Å². The van der Waals surface area contributed by atoms with Crippen molar-refractivity contribution in [3.05, 3.63) is 23.2 Å². The quantitative estimate of drug-likeness (QED) is 0.789. The molecule has 25 heavy (non-hydrogen) atoms. The average molecular weight is 369 g/mol. The summed E-state index contributed by atoms with van der Waals surface area (Å²) in [6.45, 7) is 4.73. The van der Waals surface area contributed by atoms with E-state index in [-0.39, 0.29) is 18.4 Å². The number of nitrogens with zero attached hydrogens (tertiary/aromatic N) is 1. The molecule has 2 N–H and O–H groups in total. The van der Waals surface area contributed by atoms with E-state index in [0.29, 0.717) is 23.0 Å². The van der Waals surface area contributed by atoms with Gasteiger partial charge in [0.15, 0.2) is 6.54 Å². The highest BCUT2D eigenvalue weighted by Crippen LogP contribution is 2.27. The molecule has 1 saturated heterocycles. The molecule has 1 aliphatic heterocycles. The number of methoxy groups -OCH3 is 1. The Hall–Kier alpha value is -1.79. The van der Waals surface area contributed by atoms with Crippen LogP contribution in [0.1, 0.15) is 19.8 Å². The van der Waals surface area contributed by atoms with Crippen LogP contribution in [0.25, 0.3) is 0 Å². The molecule has 0 radical (unpaired) electrons. The first-order chi connectivity index (χ1) is 11.9. The molecule has 138 valence electrons. The van der Waals surface area contributed by atoms with Gasteiger partial charge < -0.3 is 19.9 Å². The van der Waals surface area contributed by atoms with Gasteiger partial charge in [0, 0.05) is 12.1 Å². The zero-order chi connectivity index (χ0) is 18.4. The molecule has 0 aromatic heterocycles. The van der Waals surface area contributed by atoms with Crippen LogP contribution in [-0.4, -0.2) is 57.1 Å². The number of anilines is 1. The monoisotopic (exact) mass is 368 g/mol. The minimum atomic E-state index is -0.279. The van der Waals surface area contributed by atoms with Gasteiger partial charge >= 0.3 is 0 Å². The molecule has 1 fully saturated rings. The van der Waals surface area contributed by atoms with Gasteiger partial charge in [0.2, 0.25) is 5.91 Å². The molecule has 0 aliphatic carbocycles. The normalized spacial score (nSPS) is 20.0. The number of amides is 2. The number of likely N-dealkylation sites (tertiary alicyclic amines) is 1. The fraction of sp³-hybridized carbons (Fsp3) is 0.556. The molecule has 1 heterocycles. The summed E-state index contributed by atoms with van der Waals surface area (Å²) in [6, 6.07) is 5.00. The second-order valence-corrected chi connectivity index (χ2v) is 7.19. The maximum absolute atomic E-state index is 12.3. The van der Waals surface area contributed by atoms with Gasteiger partial charge in [0.25, 0.3) is 5.91 Å². The lowest BCUT2D eigenvalue weighted by Gasteiger charge is -2.28. The third kappa shape index (κ3) is 5.90. The Morgan fingerprint density at radius 1 is 1.36 bits per heavy atom. The summed E-state index contributed by atoms with van der Waals surface area (Å²) in [7, 11) is 3.18. The van der Waals surface area contributed by atoms with Crippen LogP contribution in [0.2, 0.25) is 5.02 Å². The van der Waals surface area contributed by atoms with Crippen LogP contribution in [0.5, 0.6) is 5.75 Å². The van der Waals surface area contributed by atoms with Crippen molar-refractivity contribution in [2.75, 3.05) is 45.7 Å². The molecule has 1 aliphatic rings. The number of likely N-dealkylation sites (N-methyl/N-ethyl adjacent to an activating group) is 1. The lowest BCUT2D eigenvalue weighted by atomic mass is 9.99. The summed E-state index contributed by atoms with van der Waals surface area (Å²) in [6.07, 6.45) is 2.31. The van der Waals surface area contributed by atoms with Crippen LogP contribution in [-0.2, 0) is 9.59 Å². The number of hydrogen-bond acceptors (Lipinski definition) is 3. The van der Waals surface area contributed by atoms with E-state index in [2.05, 4.69) is 12.2 Å². The molecule has 0 bridgehead atoms. The molecule has 2 amide bonds. The van der Waals surface area contributed by atoms with Crippen molar-refractivity contribution in [2.24, 2.45) is 5.92 Å². The second kappa shape index (κ2) is 9.06. The van der Waals surface area contributed by atoms with E-state index < -0.39 is 0 Å². The summed E-state index contributed by atoms with van der Waals surface area (Å²) in [4.78, 5) is 27.3. The maximum atomic E-state index is 12.3. The number of quaternary nitrogens is 1. The molecule has 7 heteroatoms. The van der Waals surface area contributed by atoms with E-state index in [0.717, 1.165) is 31.8 Å². The number of piperidine rings is 1. The van der Waals surface area contributed by atoms with Gasteiger partial charge in [-0.15, -0.1) is 0 Å². The Balaban J connectivity index is 1.85. The summed E-state index contributed by atoms with van der Waals surface area (Å²) in [5.41, 5.74) is 0.497. The number of hydrogen-bond donors (Lipinski definition) is 2. The van der Waals surface area contributed by atoms with Crippen molar-refractivity contribution in [1.29, 1.82) is 0 Å². The Morgan fingerprint density at radius 2 is 2.04 bits per heavy atom. The third-order valence-electron chi connectivity index (χ3n) is 4.62. The zero-order valence-electron chi connectivity index (χ0n) is 15.1. The SMILES string of the molecule is COc1ccc(Cl)cc1NC(=O)CN(C)C(=O)C[NH+]1CCC(C)CC1. The first-order valence-corrected chi connectivity index (χ1v) is 8.97. The van der Waals surface area contributed by atoms with Crippen LogP contribution in [0.4, 0.5) is 5.69 Å². The second-order valence-electron chi connectivity index (χ2n) is 6.75. The third-order valence-corrected chi connectivity index (χ3v) is 4.86. The van der Waals surface area contributed by atoms with Crippen LogP contribution in [0, 0.1) is 5.92 Å². The summed E-state index contributed by atoms with van der Waals surface area (Å²) >= 11 is 5.96. The first-order valence-electron chi connectivity index (χ1n) is 8.60.